The third kappa shape index (κ3) is 2.66. The summed E-state index contributed by atoms with van der Waals surface area (Å²) >= 11 is 5.87. The van der Waals surface area contributed by atoms with E-state index in [1.54, 1.807) is 18.2 Å². The molecule has 1 aliphatic rings. The number of nitrogens with zero attached hydrogens (tertiary/aromatic N) is 3. The summed E-state index contributed by atoms with van der Waals surface area (Å²) in [4.78, 5) is 12.2. The molecule has 0 amide bonds. The Morgan fingerprint density at radius 2 is 1.95 bits per heavy atom. The van der Waals surface area contributed by atoms with Crippen molar-refractivity contribution in [3.05, 3.63) is 35.4 Å². The monoisotopic (exact) mass is 278 g/mol. The van der Waals surface area contributed by atoms with Crippen molar-refractivity contribution in [2.24, 2.45) is 0 Å². The lowest BCUT2D eigenvalue weighted by molar-refractivity contribution is 0.443. The smallest absolute Gasteiger partial charge is 0.227 e. The molecule has 98 valence electrons. The number of anilines is 1. The molecule has 0 bridgehead atoms. The number of aromatic nitrogens is 3. The summed E-state index contributed by atoms with van der Waals surface area (Å²) in [6.07, 6.45) is 3.40. The second-order valence-corrected chi connectivity index (χ2v) is 4.84. The van der Waals surface area contributed by atoms with Gasteiger partial charge >= 0.3 is 0 Å². The summed E-state index contributed by atoms with van der Waals surface area (Å²) in [5.74, 6) is 0.280. The lowest BCUT2D eigenvalue weighted by atomic mass is 9.93. The second-order valence-electron chi connectivity index (χ2n) is 4.50. The molecule has 3 rings (SSSR count). The summed E-state index contributed by atoms with van der Waals surface area (Å²) in [7, 11) is 0. The van der Waals surface area contributed by atoms with E-state index in [2.05, 4.69) is 20.3 Å². The van der Waals surface area contributed by atoms with Crippen LogP contribution in [0.2, 0.25) is 5.28 Å². The van der Waals surface area contributed by atoms with Gasteiger partial charge in [-0.2, -0.15) is 15.0 Å². The van der Waals surface area contributed by atoms with Gasteiger partial charge in [-0.1, -0.05) is 12.1 Å². The van der Waals surface area contributed by atoms with Crippen LogP contribution in [0.25, 0.3) is 11.4 Å². The van der Waals surface area contributed by atoms with E-state index in [9.17, 15) is 4.39 Å². The van der Waals surface area contributed by atoms with Gasteiger partial charge in [-0.05, 0) is 43.0 Å². The first kappa shape index (κ1) is 12.3. The van der Waals surface area contributed by atoms with Crippen LogP contribution >= 0.6 is 11.6 Å². The van der Waals surface area contributed by atoms with Gasteiger partial charge in [-0.3, -0.25) is 0 Å². The summed E-state index contributed by atoms with van der Waals surface area (Å²) < 4.78 is 13.7. The Hall–Kier alpha value is -1.75. The van der Waals surface area contributed by atoms with Gasteiger partial charge in [0.1, 0.15) is 5.82 Å². The van der Waals surface area contributed by atoms with E-state index in [0.717, 1.165) is 12.8 Å². The van der Waals surface area contributed by atoms with Crippen molar-refractivity contribution in [3.63, 3.8) is 0 Å². The molecule has 1 fully saturated rings. The molecule has 0 radical (unpaired) electrons. The van der Waals surface area contributed by atoms with Crippen molar-refractivity contribution >= 4 is 17.5 Å². The number of benzene rings is 1. The molecule has 0 spiro atoms. The van der Waals surface area contributed by atoms with Crippen molar-refractivity contribution in [1.29, 1.82) is 0 Å². The average molecular weight is 279 g/mol. The van der Waals surface area contributed by atoms with E-state index in [-0.39, 0.29) is 16.9 Å². The van der Waals surface area contributed by atoms with Gasteiger partial charge in [0.25, 0.3) is 0 Å². The summed E-state index contributed by atoms with van der Waals surface area (Å²) in [5.41, 5.74) is 0.323. The number of halogens is 2. The molecule has 0 unspecified atom stereocenters. The normalized spacial score (nSPS) is 15.1. The van der Waals surface area contributed by atoms with Gasteiger partial charge in [0.15, 0.2) is 5.82 Å². The third-order valence-electron chi connectivity index (χ3n) is 3.16. The van der Waals surface area contributed by atoms with Crippen LogP contribution in [0.1, 0.15) is 19.3 Å². The van der Waals surface area contributed by atoms with E-state index in [1.807, 2.05) is 0 Å². The molecule has 0 aliphatic heterocycles. The molecule has 6 heteroatoms. The minimum Gasteiger partial charge on any atom is -0.351 e. The molecule has 4 nitrogen and oxygen atoms in total. The van der Waals surface area contributed by atoms with Gasteiger partial charge in [0, 0.05) is 6.04 Å². The maximum absolute atomic E-state index is 13.7. The Kier molecular flexibility index (Phi) is 3.29. The van der Waals surface area contributed by atoms with Gasteiger partial charge in [-0.25, -0.2) is 4.39 Å². The topological polar surface area (TPSA) is 50.7 Å². The van der Waals surface area contributed by atoms with Crippen LogP contribution in [-0.2, 0) is 0 Å². The summed E-state index contributed by atoms with van der Waals surface area (Å²) in [6.45, 7) is 0. The number of rotatable bonds is 3. The Labute approximate surface area is 115 Å². The molecule has 1 N–H and O–H groups in total. The van der Waals surface area contributed by atoms with Crippen LogP contribution in [0.15, 0.2) is 24.3 Å². The minimum atomic E-state index is -0.376. The Morgan fingerprint density at radius 1 is 1.16 bits per heavy atom. The number of hydrogen-bond donors (Lipinski definition) is 1. The predicted molar refractivity (Wildman–Crippen MR) is 71.5 cm³/mol. The fourth-order valence-electron chi connectivity index (χ4n) is 1.91. The van der Waals surface area contributed by atoms with Gasteiger partial charge in [-0.15, -0.1) is 0 Å². The second kappa shape index (κ2) is 5.09. The van der Waals surface area contributed by atoms with Crippen molar-refractivity contribution in [3.8, 4) is 11.4 Å². The molecule has 0 atom stereocenters. The maximum Gasteiger partial charge on any atom is 0.227 e. The number of nitrogens with one attached hydrogen (secondary N) is 1. The molecule has 1 aromatic carbocycles. The highest BCUT2D eigenvalue weighted by Gasteiger charge is 2.19. The summed E-state index contributed by atoms with van der Waals surface area (Å²) in [6, 6.07) is 6.72. The molecular formula is C13H12ClFN4. The van der Waals surface area contributed by atoms with Crippen molar-refractivity contribution < 1.29 is 4.39 Å². The molecule has 2 aromatic rings. The molecule has 1 aromatic heterocycles. The lowest BCUT2D eigenvalue weighted by Crippen LogP contribution is -2.28. The molecule has 1 aliphatic carbocycles. The molecule has 0 saturated heterocycles. The zero-order valence-corrected chi connectivity index (χ0v) is 10.9. The quantitative estimate of drug-likeness (QED) is 0.936. The van der Waals surface area contributed by atoms with Crippen molar-refractivity contribution in [2.75, 3.05) is 5.32 Å². The Bertz CT molecular complexity index is 601. The van der Waals surface area contributed by atoms with Crippen LogP contribution in [0.3, 0.4) is 0 Å². The Morgan fingerprint density at radius 3 is 2.63 bits per heavy atom. The largest absolute Gasteiger partial charge is 0.351 e. The highest BCUT2D eigenvalue weighted by Crippen LogP contribution is 2.24. The van der Waals surface area contributed by atoms with E-state index < -0.39 is 0 Å². The molecule has 19 heavy (non-hydrogen) atoms. The van der Waals surface area contributed by atoms with E-state index in [4.69, 9.17) is 11.6 Å². The maximum atomic E-state index is 13.7. The van der Waals surface area contributed by atoms with Crippen LogP contribution in [-0.4, -0.2) is 21.0 Å². The standard InChI is InChI=1S/C13H12ClFN4/c14-12-17-11(9-6-1-2-7-10(9)15)18-13(19-12)16-8-4-3-5-8/h1-2,6-8H,3-5H2,(H,16,17,18,19). The Balaban J connectivity index is 1.95. The van der Waals surface area contributed by atoms with Gasteiger partial charge < -0.3 is 5.32 Å². The van der Waals surface area contributed by atoms with Gasteiger partial charge in [0.2, 0.25) is 11.2 Å². The number of hydrogen-bond acceptors (Lipinski definition) is 4. The minimum absolute atomic E-state index is 0.0649. The summed E-state index contributed by atoms with van der Waals surface area (Å²) in [5, 5.41) is 3.24. The fourth-order valence-corrected chi connectivity index (χ4v) is 2.07. The predicted octanol–water partition coefficient (Wildman–Crippen LogP) is 3.30. The SMILES string of the molecule is Fc1ccccc1-c1nc(Cl)nc(NC2CCC2)n1. The van der Waals surface area contributed by atoms with E-state index >= 15 is 0 Å². The van der Waals surface area contributed by atoms with Crippen molar-refractivity contribution in [1.82, 2.24) is 15.0 Å². The van der Waals surface area contributed by atoms with Crippen LogP contribution in [0, 0.1) is 5.82 Å². The zero-order chi connectivity index (χ0) is 13.2. The third-order valence-corrected chi connectivity index (χ3v) is 3.33. The van der Waals surface area contributed by atoms with E-state index in [0.29, 0.717) is 17.6 Å². The van der Waals surface area contributed by atoms with Crippen LogP contribution in [0.5, 0.6) is 0 Å². The fraction of sp³-hybridized carbons (Fsp3) is 0.308. The first-order chi connectivity index (χ1) is 9.22. The molecule has 1 heterocycles. The van der Waals surface area contributed by atoms with Crippen LogP contribution < -0.4 is 5.32 Å². The average Bonchev–Trinajstić information content (AvgIpc) is 2.34. The molecular weight excluding hydrogens is 267 g/mol. The van der Waals surface area contributed by atoms with E-state index in [1.165, 1.54) is 12.5 Å². The highest BCUT2D eigenvalue weighted by molar-refractivity contribution is 6.28. The first-order valence-electron chi connectivity index (χ1n) is 6.15. The van der Waals surface area contributed by atoms with Crippen LogP contribution in [0.4, 0.5) is 10.3 Å². The lowest BCUT2D eigenvalue weighted by Gasteiger charge is -2.26. The highest BCUT2D eigenvalue weighted by atomic mass is 35.5. The zero-order valence-electron chi connectivity index (χ0n) is 10.1. The first-order valence-corrected chi connectivity index (χ1v) is 6.53. The molecule has 1 saturated carbocycles. The van der Waals surface area contributed by atoms with Crippen molar-refractivity contribution in [2.45, 2.75) is 25.3 Å². The van der Waals surface area contributed by atoms with Gasteiger partial charge in [0.05, 0.1) is 5.56 Å².